The molecule has 0 aliphatic heterocycles. The third-order valence-electron chi connectivity index (χ3n) is 2.68. The SMILES string of the molecule is CC(C)n1nccc1[C@@H]1C[C@@H]1C(=O)O. The quantitative estimate of drug-likeness (QED) is 0.796. The van der Waals surface area contributed by atoms with Crippen molar-refractivity contribution in [2.75, 3.05) is 0 Å². The van der Waals surface area contributed by atoms with Crippen LogP contribution in [0.1, 0.15) is 37.9 Å². The first-order valence-corrected chi connectivity index (χ1v) is 4.87. The van der Waals surface area contributed by atoms with Gasteiger partial charge in [-0.2, -0.15) is 5.10 Å². The average molecular weight is 194 g/mol. The van der Waals surface area contributed by atoms with Gasteiger partial charge in [0.15, 0.2) is 0 Å². The fourth-order valence-electron chi connectivity index (χ4n) is 1.84. The number of hydrogen-bond acceptors (Lipinski definition) is 2. The molecule has 0 saturated heterocycles. The molecule has 1 N–H and O–H groups in total. The van der Waals surface area contributed by atoms with E-state index in [0.717, 1.165) is 12.1 Å². The summed E-state index contributed by atoms with van der Waals surface area (Å²) in [6, 6.07) is 2.23. The molecule has 1 heterocycles. The van der Waals surface area contributed by atoms with Crippen LogP contribution in [-0.4, -0.2) is 20.9 Å². The monoisotopic (exact) mass is 194 g/mol. The summed E-state index contributed by atoms with van der Waals surface area (Å²) in [5.74, 6) is -0.701. The Hall–Kier alpha value is -1.32. The summed E-state index contributed by atoms with van der Waals surface area (Å²) in [5.41, 5.74) is 1.06. The van der Waals surface area contributed by atoms with Crippen LogP contribution in [-0.2, 0) is 4.79 Å². The highest BCUT2D eigenvalue weighted by atomic mass is 16.4. The molecule has 1 aliphatic rings. The Morgan fingerprint density at radius 3 is 2.93 bits per heavy atom. The molecular formula is C10H14N2O2. The second-order valence-corrected chi connectivity index (χ2v) is 4.08. The molecule has 4 heteroatoms. The highest BCUT2D eigenvalue weighted by Gasteiger charge is 2.46. The summed E-state index contributed by atoms with van der Waals surface area (Å²) in [7, 11) is 0. The van der Waals surface area contributed by atoms with Crippen LogP contribution in [0.25, 0.3) is 0 Å². The zero-order valence-electron chi connectivity index (χ0n) is 8.34. The molecule has 0 amide bonds. The molecule has 1 aromatic heterocycles. The molecule has 0 radical (unpaired) electrons. The number of nitrogens with zero attached hydrogens (tertiary/aromatic N) is 2. The topological polar surface area (TPSA) is 55.1 Å². The van der Waals surface area contributed by atoms with Crippen molar-refractivity contribution in [1.29, 1.82) is 0 Å². The number of rotatable bonds is 3. The normalized spacial score (nSPS) is 25.4. The maximum Gasteiger partial charge on any atom is 0.307 e. The van der Waals surface area contributed by atoms with E-state index in [1.54, 1.807) is 6.20 Å². The fourth-order valence-corrected chi connectivity index (χ4v) is 1.84. The molecule has 0 aromatic carbocycles. The minimum Gasteiger partial charge on any atom is -0.481 e. The van der Waals surface area contributed by atoms with E-state index in [9.17, 15) is 4.79 Å². The van der Waals surface area contributed by atoms with Crippen molar-refractivity contribution < 1.29 is 9.90 Å². The van der Waals surface area contributed by atoms with E-state index in [4.69, 9.17) is 5.11 Å². The smallest absolute Gasteiger partial charge is 0.307 e. The Bertz CT molecular complexity index is 357. The van der Waals surface area contributed by atoms with Gasteiger partial charge in [0, 0.05) is 23.9 Å². The van der Waals surface area contributed by atoms with Gasteiger partial charge in [-0.15, -0.1) is 0 Å². The highest BCUT2D eigenvalue weighted by Crippen LogP contribution is 2.47. The van der Waals surface area contributed by atoms with Crippen molar-refractivity contribution in [2.24, 2.45) is 5.92 Å². The van der Waals surface area contributed by atoms with Gasteiger partial charge < -0.3 is 5.11 Å². The van der Waals surface area contributed by atoms with Gasteiger partial charge in [-0.25, -0.2) is 0 Å². The van der Waals surface area contributed by atoms with Crippen LogP contribution in [0.15, 0.2) is 12.3 Å². The molecule has 2 atom stereocenters. The van der Waals surface area contributed by atoms with Crippen LogP contribution in [0.2, 0.25) is 0 Å². The summed E-state index contributed by atoms with van der Waals surface area (Å²) in [5, 5.41) is 13.0. The predicted octanol–water partition coefficient (Wildman–Crippen LogP) is 1.65. The van der Waals surface area contributed by atoms with Gasteiger partial charge in [0.2, 0.25) is 0 Å². The zero-order valence-corrected chi connectivity index (χ0v) is 8.34. The van der Waals surface area contributed by atoms with E-state index in [-0.39, 0.29) is 11.8 Å². The molecule has 1 saturated carbocycles. The van der Waals surface area contributed by atoms with Crippen molar-refractivity contribution >= 4 is 5.97 Å². The maximum atomic E-state index is 10.7. The largest absolute Gasteiger partial charge is 0.481 e. The van der Waals surface area contributed by atoms with Gasteiger partial charge in [0.25, 0.3) is 0 Å². The molecule has 0 spiro atoms. The molecule has 1 fully saturated rings. The zero-order chi connectivity index (χ0) is 10.3. The van der Waals surface area contributed by atoms with Gasteiger partial charge >= 0.3 is 5.97 Å². The van der Waals surface area contributed by atoms with E-state index in [1.165, 1.54) is 0 Å². The molecule has 4 nitrogen and oxygen atoms in total. The fraction of sp³-hybridized carbons (Fsp3) is 0.600. The van der Waals surface area contributed by atoms with Gasteiger partial charge in [0.1, 0.15) is 0 Å². The van der Waals surface area contributed by atoms with E-state index in [1.807, 2.05) is 10.7 Å². The molecule has 0 unspecified atom stereocenters. The van der Waals surface area contributed by atoms with Crippen LogP contribution >= 0.6 is 0 Å². The van der Waals surface area contributed by atoms with Crippen molar-refractivity contribution in [3.8, 4) is 0 Å². The van der Waals surface area contributed by atoms with E-state index in [0.29, 0.717) is 6.04 Å². The number of hydrogen-bond donors (Lipinski definition) is 1. The third kappa shape index (κ3) is 1.41. The van der Waals surface area contributed by atoms with E-state index in [2.05, 4.69) is 18.9 Å². The predicted molar refractivity (Wildman–Crippen MR) is 51.1 cm³/mol. The molecule has 2 rings (SSSR count). The first-order valence-electron chi connectivity index (χ1n) is 4.87. The standard InChI is InChI=1S/C10H14N2O2/c1-6(2)12-9(3-4-11-12)7-5-8(7)10(13)14/h3-4,6-8H,5H2,1-2H3,(H,13,14)/t7-,8+/m1/s1. The third-order valence-corrected chi connectivity index (χ3v) is 2.68. The average Bonchev–Trinajstić information content (AvgIpc) is 2.75. The molecular weight excluding hydrogens is 180 g/mol. The maximum absolute atomic E-state index is 10.7. The molecule has 1 aromatic rings. The number of carboxylic acid groups (broad SMARTS) is 1. The van der Waals surface area contributed by atoms with Crippen LogP contribution in [0, 0.1) is 5.92 Å². The summed E-state index contributed by atoms with van der Waals surface area (Å²) < 4.78 is 1.91. The van der Waals surface area contributed by atoms with E-state index < -0.39 is 5.97 Å². The lowest BCUT2D eigenvalue weighted by Gasteiger charge is -2.09. The highest BCUT2D eigenvalue weighted by molar-refractivity contribution is 5.75. The van der Waals surface area contributed by atoms with Crippen LogP contribution < -0.4 is 0 Å². The molecule has 14 heavy (non-hydrogen) atoms. The number of aliphatic carboxylic acids is 1. The van der Waals surface area contributed by atoms with Crippen LogP contribution in [0.5, 0.6) is 0 Å². The summed E-state index contributed by atoms with van der Waals surface area (Å²) in [6.07, 6.45) is 2.50. The lowest BCUT2D eigenvalue weighted by molar-refractivity contribution is -0.138. The minimum atomic E-state index is -0.688. The molecule has 76 valence electrons. The minimum absolute atomic E-state index is 0.178. The lowest BCUT2D eigenvalue weighted by Crippen LogP contribution is -2.08. The first kappa shape index (κ1) is 9.24. The Morgan fingerprint density at radius 1 is 1.71 bits per heavy atom. The second kappa shape index (κ2) is 3.12. The van der Waals surface area contributed by atoms with Gasteiger partial charge in [0.05, 0.1) is 5.92 Å². The first-order chi connectivity index (χ1) is 6.61. The second-order valence-electron chi connectivity index (χ2n) is 4.08. The lowest BCUT2D eigenvalue weighted by atomic mass is 10.2. The molecule has 1 aliphatic carbocycles. The Balaban J connectivity index is 2.19. The van der Waals surface area contributed by atoms with Crippen molar-refractivity contribution in [2.45, 2.75) is 32.2 Å². The Morgan fingerprint density at radius 2 is 2.43 bits per heavy atom. The van der Waals surface area contributed by atoms with Crippen LogP contribution in [0.4, 0.5) is 0 Å². The summed E-state index contributed by atoms with van der Waals surface area (Å²) in [6.45, 7) is 4.10. The number of carboxylic acids is 1. The summed E-state index contributed by atoms with van der Waals surface area (Å²) >= 11 is 0. The number of aromatic nitrogens is 2. The molecule has 0 bridgehead atoms. The number of carbonyl (C=O) groups is 1. The van der Waals surface area contributed by atoms with Crippen molar-refractivity contribution in [3.63, 3.8) is 0 Å². The Kier molecular flexibility index (Phi) is 2.06. The Labute approximate surface area is 82.5 Å². The summed E-state index contributed by atoms with van der Waals surface area (Å²) in [4.78, 5) is 10.7. The van der Waals surface area contributed by atoms with Gasteiger partial charge in [-0.05, 0) is 26.3 Å². The van der Waals surface area contributed by atoms with Crippen molar-refractivity contribution in [1.82, 2.24) is 9.78 Å². The van der Waals surface area contributed by atoms with Crippen molar-refractivity contribution in [3.05, 3.63) is 18.0 Å². The van der Waals surface area contributed by atoms with Gasteiger partial charge in [-0.3, -0.25) is 9.48 Å². The van der Waals surface area contributed by atoms with Crippen LogP contribution in [0.3, 0.4) is 0 Å². The van der Waals surface area contributed by atoms with E-state index >= 15 is 0 Å². The van der Waals surface area contributed by atoms with Gasteiger partial charge in [-0.1, -0.05) is 0 Å².